The highest BCUT2D eigenvalue weighted by molar-refractivity contribution is 5.88. The van der Waals surface area contributed by atoms with Gasteiger partial charge < -0.3 is 20.9 Å². The van der Waals surface area contributed by atoms with Crippen molar-refractivity contribution in [3.63, 3.8) is 0 Å². The maximum absolute atomic E-state index is 11.5. The normalized spacial score (nSPS) is 15.1. The summed E-state index contributed by atoms with van der Waals surface area (Å²) in [6.07, 6.45) is 1.02. The van der Waals surface area contributed by atoms with Gasteiger partial charge in [0.2, 0.25) is 0 Å². The van der Waals surface area contributed by atoms with Gasteiger partial charge in [-0.2, -0.15) is 0 Å². The van der Waals surface area contributed by atoms with E-state index in [1.165, 1.54) is 0 Å². The Labute approximate surface area is 84.7 Å². The number of ketones is 1. The number of methoxy groups -OCH3 is 2. The Morgan fingerprint density at radius 1 is 1.07 bits per heavy atom. The molecule has 0 bridgehead atoms. The van der Waals surface area contributed by atoms with Crippen molar-refractivity contribution in [2.45, 2.75) is 24.9 Å². The molecule has 0 aliphatic rings. The van der Waals surface area contributed by atoms with Gasteiger partial charge in [-0.3, -0.25) is 4.79 Å². The maximum atomic E-state index is 11.5. The molecule has 0 radical (unpaired) electrons. The Hall–Kier alpha value is -0.490. The van der Waals surface area contributed by atoms with Crippen LogP contribution in [0.25, 0.3) is 0 Å². The van der Waals surface area contributed by atoms with Gasteiger partial charge in [-0.25, -0.2) is 0 Å². The summed E-state index contributed by atoms with van der Waals surface area (Å²) in [7, 11) is 3.14. The molecule has 0 spiro atoms. The van der Waals surface area contributed by atoms with Gasteiger partial charge in [-0.05, 0) is 12.8 Å². The second-order valence-corrected chi connectivity index (χ2v) is 3.18. The number of Topliss-reactive ketones (excluding diaryl/α,β-unsaturated/α-hetero) is 1. The predicted molar refractivity (Wildman–Crippen MR) is 53.9 cm³/mol. The minimum Gasteiger partial charge on any atom is -0.385 e. The SMILES string of the molecule is COCCC(N)C(=O)C(N)CCOC. The van der Waals surface area contributed by atoms with E-state index in [2.05, 4.69) is 0 Å². The predicted octanol–water partition coefficient (Wildman–Crippen LogP) is -0.717. The van der Waals surface area contributed by atoms with Gasteiger partial charge in [0.05, 0.1) is 12.1 Å². The van der Waals surface area contributed by atoms with E-state index in [-0.39, 0.29) is 5.78 Å². The molecule has 14 heavy (non-hydrogen) atoms. The van der Waals surface area contributed by atoms with Crippen LogP contribution in [0.5, 0.6) is 0 Å². The molecule has 0 aromatic carbocycles. The number of carbonyl (C=O) groups excluding carboxylic acids is 1. The topological polar surface area (TPSA) is 87.6 Å². The van der Waals surface area contributed by atoms with E-state index >= 15 is 0 Å². The standard InChI is InChI=1S/C9H20N2O3/c1-13-5-3-7(10)9(12)8(11)4-6-14-2/h7-8H,3-6,10-11H2,1-2H3. The summed E-state index contributed by atoms with van der Waals surface area (Å²) in [5.74, 6) is -0.126. The first-order valence-electron chi connectivity index (χ1n) is 4.66. The number of carbonyl (C=O) groups is 1. The number of hydrogen-bond donors (Lipinski definition) is 2. The lowest BCUT2D eigenvalue weighted by atomic mass is 10.0. The smallest absolute Gasteiger partial charge is 0.166 e. The molecule has 0 fully saturated rings. The van der Waals surface area contributed by atoms with E-state index < -0.39 is 12.1 Å². The molecular weight excluding hydrogens is 184 g/mol. The minimum absolute atomic E-state index is 0.126. The number of nitrogens with two attached hydrogens (primary N) is 2. The highest BCUT2D eigenvalue weighted by Crippen LogP contribution is 1.98. The average Bonchev–Trinajstić information content (AvgIpc) is 2.21. The van der Waals surface area contributed by atoms with Crippen molar-refractivity contribution >= 4 is 5.78 Å². The number of rotatable bonds is 8. The van der Waals surface area contributed by atoms with Crippen LogP contribution in [0, 0.1) is 0 Å². The van der Waals surface area contributed by atoms with Crippen molar-refractivity contribution < 1.29 is 14.3 Å². The summed E-state index contributed by atoms with van der Waals surface area (Å²) in [6.45, 7) is 0.952. The molecule has 0 saturated carbocycles. The highest BCUT2D eigenvalue weighted by Gasteiger charge is 2.20. The Morgan fingerprint density at radius 2 is 1.43 bits per heavy atom. The summed E-state index contributed by atoms with van der Waals surface area (Å²) < 4.78 is 9.65. The largest absolute Gasteiger partial charge is 0.385 e. The quantitative estimate of drug-likeness (QED) is 0.545. The lowest BCUT2D eigenvalue weighted by Crippen LogP contribution is -2.44. The summed E-state index contributed by atoms with van der Waals surface area (Å²) in [5, 5.41) is 0. The fourth-order valence-corrected chi connectivity index (χ4v) is 1.05. The van der Waals surface area contributed by atoms with Crippen molar-refractivity contribution in [2.75, 3.05) is 27.4 Å². The van der Waals surface area contributed by atoms with Gasteiger partial charge in [0.1, 0.15) is 0 Å². The van der Waals surface area contributed by atoms with E-state index in [0.717, 1.165) is 0 Å². The van der Waals surface area contributed by atoms with Crippen LogP contribution in [-0.4, -0.2) is 45.3 Å². The fraction of sp³-hybridized carbons (Fsp3) is 0.889. The first-order chi connectivity index (χ1) is 6.63. The molecule has 2 unspecified atom stereocenters. The minimum atomic E-state index is -0.526. The molecule has 0 aliphatic carbocycles. The molecular formula is C9H20N2O3. The first kappa shape index (κ1) is 13.5. The van der Waals surface area contributed by atoms with Gasteiger partial charge in [-0.1, -0.05) is 0 Å². The van der Waals surface area contributed by atoms with Gasteiger partial charge in [0.15, 0.2) is 5.78 Å². The van der Waals surface area contributed by atoms with Crippen LogP contribution < -0.4 is 11.5 Å². The number of ether oxygens (including phenoxy) is 2. The van der Waals surface area contributed by atoms with E-state index in [4.69, 9.17) is 20.9 Å². The van der Waals surface area contributed by atoms with E-state index in [0.29, 0.717) is 26.1 Å². The van der Waals surface area contributed by atoms with Crippen molar-refractivity contribution in [3.05, 3.63) is 0 Å². The summed E-state index contributed by atoms with van der Waals surface area (Å²) in [4.78, 5) is 11.5. The van der Waals surface area contributed by atoms with Gasteiger partial charge >= 0.3 is 0 Å². The van der Waals surface area contributed by atoms with Gasteiger partial charge in [0, 0.05) is 27.4 Å². The van der Waals surface area contributed by atoms with E-state index in [1.54, 1.807) is 14.2 Å². The zero-order valence-corrected chi connectivity index (χ0v) is 8.86. The Kier molecular flexibility index (Phi) is 7.60. The van der Waals surface area contributed by atoms with Crippen LogP contribution in [0.2, 0.25) is 0 Å². The third-order valence-electron chi connectivity index (χ3n) is 2.00. The molecule has 84 valence electrons. The summed E-state index contributed by atoms with van der Waals surface area (Å²) in [6, 6.07) is -1.05. The van der Waals surface area contributed by atoms with Gasteiger partial charge in [-0.15, -0.1) is 0 Å². The molecule has 0 heterocycles. The summed E-state index contributed by atoms with van der Waals surface area (Å²) in [5.41, 5.74) is 11.3. The molecule has 5 heteroatoms. The maximum Gasteiger partial charge on any atom is 0.166 e. The average molecular weight is 204 g/mol. The molecule has 0 saturated heterocycles. The van der Waals surface area contributed by atoms with Crippen LogP contribution in [0.3, 0.4) is 0 Å². The van der Waals surface area contributed by atoms with Crippen LogP contribution in [-0.2, 0) is 14.3 Å². The van der Waals surface area contributed by atoms with E-state index in [1.807, 2.05) is 0 Å². The zero-order valence-electron chi connectivity index (χ0n) is 8.86. The molecule has 0 aromatic heterocycles. The first-order valence-corrected chi connectivity index (χ1v) is 4.66. The fourth-order valence-electron chi connectivity index (χ4n) is 1.05. The van der Waals surface area contributed by atoms with Crippen molar-refractivity contribution in [3.8, 4) is 0 Å². The second kappa shape index (κ2) is 7.87. The third-order valence-corrected chi connectivity index (χ3v) is 2.00. The summed E-state index contributed by atoms with van der Waals surface area (Å²) >= 11 is 0. The Balaban J connectivity index is 3.78. The molecule has 4 N–H and O–H groups in total. The van der Waals surface area contributed by atoms with E-state index in [9.17, 15) is 4.79 Å². The Morgan fingerprint density at radius 3 is 1.71 bits per heavy atom. The monoisotopic (exact) mass is 204 g/mol. The highest BCUT2D eigenvalue weighted by atomic mass is 16.5. The molecule has 2 atom stereocenters. The molecule has 0 rings (SSSR count). The van der Waals surface area contributed by atoms with Crippen LogP contribution in [0.4, 0.5) is 0 Å². The molecule has 0 aliphatic heterocycles. The van der Waals surface area contributed by atoms with Gasteiger partial charge in [0.25, 0.3) is 0 Å². The van der Waals surface area contributed by atoms with Crippen LogP contribution in [0.15, 0.2) is 0 Å². The van der Waals surface area contributed by atoms with Crippen molar-refractivity contribution in [2.24, 2.45) is 11.5 Å². The molecule has 5 nitrogen and oxygen atoms in total. The lowest BCUT2D eigenvalue weighted by molar-refractivity contribution is -0.122. The second-order valence-electron chi connectivity index (χ2n) is 3.18. The van der Waals surface area contributed by atoms with Crippen molar-refractivity contribution in [1.82, 2.24) is 0 Å². The zero-order chi connectivity index (χ0) is 11.0. The van der Waals surface area contributed by atoms with Crippen LogP contribution >= 0.6 is 0 Å². The lowest BCUT2D eigenvalue weighted by Gasteiger charge is -2.15. The molecule has 0 aromatic rings. The van der Waals surface area contributed by atoms with Crippen LogP contribution in [0.1, 0.15) is 12.8 Å². The third kappa shape index (κ3) is 5.29. The van der Waals surface area contributed by atoms with Crippen molar-refractivity contribution in [1.29, 1.82) is 0 Å². The Bertz CT molecular complexity index is 148. The number of hydrogen-bond acceptors (Lipinski definition) is 5. The molecule has 0 amide bonds.